The fourth-order valence-corrected chi connectivity index (χ4v) is 8.67. The lowest BCUT2D eigenvalue weighted by Gasteiger charge is -2.25. The Morgan fingerprint density at radius 3 is 0.824 bits per heavy atom. The SMILES string of the molecule is Cc1ccc(N(C=C(c2ccccc2)c2ccccc2)c2ccc(/C=C/c3ccc(/C=C/c4ccc(N(C=C(c5ccccc5)c5ccccc5)c5ccc(C)cc5C)cc4)cc3)cc2)c(C)c1. The normalized spacial score (nSPS) is 11.1. The summed E-state index contributed by atoms with van der Waals surface area (Å²) in [5, 5.41) is 0. The fraction of sp³-hybridized carbons (Fsp3) is 0.0606. The number of hydrogen-bond acceptors (Lipinski definition) is 2. The summed E-state index contributed by atoms with van der Waals surface area (Å²) >= 11 is 0. The van der Waals surface area contributed by atoms with Gasteiger partial charge in [-0.3, -0.25) is 0 Å². The van der Waals surface area contributed by atoms with Crippen molar-refractivity contribution < 1.29 is 0 Å². The van der Waals surface area contributed by atoms with Crippen LogP contribution in [-0.4, -0.2) is 0 Å². The minimum Gasteiger partial charge on any atom is -0.316 e. The predicted octanol–water partition coefficient (Wildman–Crippen LogP) is 17.7. The Kier molecular flexibility index (Phi) is 14.0. The summed E-state index contributed by atoms with van der Waals surface area (Å²) in [6.07, 6.45) is 13.3. The molecule has 68 heavy (non-hydrogen) atoms. The molecule has 0 aliphatic rings. The van der Waals surface area contributed by atoms with Gasteiger partial charge in [-0.1, -0.05) is 230 Å². The van der Waals surface area contributed by atoms with E-state index in [-0.39, 0.29) is 0 Å². The molecule has 0 aliphatic carbocycles. The first-order valence-corrected chi connectivity index (χ1v) is 23.4. The number of benzene rings is 9. The highest BCUT2D eigenvalue weighted by atomic mass is 15.1. The standard InChI is InChI=1S/C66H56N2/c1-49-25-43-65(51(3)45-49)67(47-63(57-17-9-5-10-18-57)58-19-11-6-12-20-58)61-39-35-55(36-40-61)33-31-53-27-29-54(30-28-53)32-34-56-37-41-62(42-38-56)68(66-44-26-50(2)46-52(66)4)48-64(59-21-13-7-14-22-59)60-23-15-8-16-24-60/h5-48H,1-4H3/b33-31+,34-32+. The van der Waals surface area contributed by atoms with E-state index >= 15 is 0 Å². The van der Waals surface area contributed by atoms with Crippen molar-refractivity contribution in [2.75, 3.05) is 9.80 Å². The summed E-state index contributed by atoms with van der Waals surface area (Å²) in [6, 6.07) is 82.3. The third-order valence-electron chi connectivity index (χ3n) is 12.3. The van der Waals surface area contributed by atoms with E-state index < -0.39 is 0 Å². The van der Waals surface area contributed by atoms with Gasteiger partial charge in [0.2, 0.25) is 0 Å². The maximum atomic E-state index is 2.32. The van der Waals surface area contributed by atoms with Gasteiger partial charge in [0.1, 0.15) is 0 Å². The molecular formula is C66H56N2. The Morgan fingerprint density at radius 2 is 0.559 bits per heavy atom. The second-order valence-corrected chi connectivity index (χ2v) is 17.4. The molecule has 0 aliphatic heterocycles. The minimum atomic E-state index is 1.10. The summed E-state index contributed by atoms with van der Waals surface area (Å²) in [6.45, 7) is 8.68. The smallest absolute Gasteiger partial charge is 0.0485 e. The monoisotopic (exact) mass is 876 g/mol. The molecule has 0 spiro atoms. The molecule has 9 aromatic rings. The first kappa shape index (κ1) is 44.7. The van der Waals surface area contributed by atoms with Gasteiger partial charge in [0.05, 0.1) is 0 Å². The molecule has 330 valence electrons. The molecule has 2 nitrogen and oxygen atoms in total. The van der Waals surface area contributed by atoms with E-state index in [2.05, 4.69) is 305 Å². The van der Waals surface area contributed by atoms with Gasteiger partial charge in [0.25, 0.3) is 0 Å². The molecule has 0 aromatic heterocycles. The Balaban J connectivity index is 0.925. The summed E-state index contributed by atoms with van der Waals surface area (Å²) in [4.78, 5) is 4.65. The first-order chi connectivity index (χ1) is 33.3. The molecule has 0 unspecified atom stereocenters. The molecule has 0 fully saturated rings. The Hall–Kier alpha value is -8.46. The first-order valence-electron chi connectivity index (χ1n) is 23.4. The average molecular weight is 877 g/mol. The largest absolute Gasteiger partial charge is 0.316 e. The summed E-state index contributed by atoms with van der Waals surface area (Å²) in [5.74, 6) is 0. The van der Waals surface area contributed by atoms with Crippen LogP contribution in [0.5, 0.6) is 0 Å². The highest BCUT2D eigenvalue weighted by Crippen LogP contribution is 2.36. The Morgan fingerprint density at radius 1 is 0.294 bits per heavy atom. The predicted molar refractivity (Wildman–Crippen MR) is 293 cm³/mol. The molecule has 0 heterocycles. The van der Waals surface area contributed by atoms with Gasteiger partial charge in [0, 0.05) is 46.3 Å². The van der Waals surface area contributed by atoms with Crippen molar-refractivity contribution in [3.05, 3.63) is 310 Å². The zero-order chi connectivity index (χ0) is 46.7. The lowest BCUT2D eigenvalue weighted by atomic mass is 9.98. The maximum Gasteiger partial charge on any atom is 0.0485 e. The van der Waals surface area contributed by atoms with Crippen LogP contribution in [0.1, 0.15) is 66.8 Å². The quantitative estimate of drug-likeness (QED) is 0.100. The van der Waals surface area contributed by atoms with Crippen molar-refractivity contribution in [3.8, 4) is 0 Å². The number of anilines is 4. The lowest BCUT2D eigenvalue weighted by Crippen LogP contribution is -2.12. The third kappa shape index (κ3) is 11.0. The van der Waals surface area contributed by atoms with Crippen molar-refractivity contribution in [3.63, 3.8) is 0 Å². The van der Waals surface area contributed by atoms with Crippen molar-refractivity contribution in [1.82, 2.24) is 0 Å². The number of rotatable bonds is 14. The van der Waals surface area contributed by atoms with E-state index in [4.69, 9.17) is 0 Å². The Labute approximate surface area is 403 Å². The average Bonchev–Trinajstić information content (AvgIpc) is 3.38. The molecule has 0 saturated carbocycles. The van der Waals surface area contributed by atoms with Crippen molar-refractivity contribution in [2.45, 2.75) is 27.7 Å². The molecule has 0 atom stereocenters. The van der Waals surface area contributed by atoms with Crippen LogP contribution in [0.4, 0.5) is 22.7 Å². The molecule has 9 aromatic carbocycles. The minimum absolute atomic E-state index is 1.10. The van der Waals surface area contributed by atoms with E-state index in [1.54, 1.807) is 0 Å². The van der Waals surface area contributed by atoms with E-state index in [1.165, 1.54) is 44.5 Å². The van der Waals surface area contributed by atoms with E-state index in [0.717, 1.165) is 56.1 Å². The van der Waals surface area contributed by atoms with Crippen LogP contribution in [0, 0.1) is 27.7 Å². The van der Waals surface area contributed by atoms with Gasteiger partial charge in [-0.2, -0.15) is 0 Å². The van der Waals surface area contributed by atoms with Gasteiger partial charge >= 0.3 is 0 Å². The van der Waals surface area contributed by atoms with Crippen LogP contribution < -0.4 is 9.80 Å². The van der Waals surface area contributed by atoms with Crippen LogP contribution in [0.2, 0.25) is 0 Å². The van der Waals surface area contributed by atoms with Crippen molar-refractivity contribution in [1.29, 1.82) is 0 Å². The topological polar surface area (TPSA) is 6.48 Å². The summed E-state index contributed by atoms with van der Waals surface area (Å²) < 4.78 is 0. The molecular weight excluding hydrogens is 821 g/mol. The maximum absolute atomic E-state index is 2.32. The lowest BCUT2D eigenvalue weighted by molar-refractivity contribution is 1.23. The number of hydrogen-bond donors (Lipinski definition) is 0. The van der Waals surface area contributed by atoms with Gasteiger partial charge < -0.3 is 9.80 Å². The molecule has 0 radical (unpaired) electrons. The van der Waals surface area contributed by atoms with Crippen LogP contribution in [0.25, 0.3) is 35.5 Å². The second-order valence-electron chi connectivity index (χ2n) is 17.4. The fourth-order valence-electron chi connectivity index (χ4n) is 8.67. The van der Waals surface area contributed by atoms with Gasteiger partial charge in [-0.25, -0.2) is 0 Å². The van der Waals surface area contributed by atoms with E-state index in [0.29, 0.717) is 0 Å². The molecule has 2 heteroatoms. The Bertz CT molecular complexity index is 2890. The van der Waals surface area contributed by atoms with Gasteiger partial charge in [-0.15, -0.1) is 0 Å². The van der Waals surface area contributed by atoms with Crippen LogP contribution in [0.15, 0.2) is 243 Å². The third-order valence-corrected chi connectivity index (χ3v) is 12.3. The molecule has 0 bridgehead atoms. The summed E-state index contributed by atoms with van der Waals surface area (Å²) in [7, 11) is 0. The van der Waals surface area contributed by atoms with Crippen LogP contribution in [-0.2, 0) is 0 Å². The number of aryl methyl sites for hydroxylation is 4. The highest BCUT2D eigenvalue weighted by molar-refractivity contribution is 5.86. The second kappa shape index (κ2) is 21.2. The number of nitrogens with zero attached hydrogens (tertiary/aromatic N) is 2. The van der Waals surface area contributed by atoms with E-state index in [1.807, 2.05) is 0 Å². The van der Waals surface area contributed by atoms with Crippen LogP contribution >= 0.6 is 0 Å². The zero-order valence-corrected chi connectivity index (χ0v) is 39.3. The molecule has 0 amide bonds. The van der Waals surface area contributed by atoms with Gasteiger partial charge in [-0.05, 0) is 120 Å². The van der Waals surface area contributed by atoms with Crippen LogP contribution in [0.3, 0.4) is 0 Å². The highest BCUT2D eigenvalue weighted by Gasteiger charge is 2.16. The molecule has 0 saturated heterocycles. The van der Waals surface area contributed by atoms with Crippen molar-refractivity contribution in [2.24, 2.45) is 0 Å². The molecule has 9 rings (SSSR count). The van der Waals surface area contributed by atoms with Gasteiger partial charge in [0.15, 0.2) is 0 Å². The van der Waals surface area contributed by atoms with Crippen molar-refractivity contribution >= 4 is 58.2 Å². The zero-order valence-electron chi connectivity index (χ0n) is 39.3. The molecule has 0 N–H and O–H groups in total. The van der Waals surface area contributed by atoms with E-state index in [9.17, 15) is 0 Å². The summed E-state index contributed by atoms with van der Waals surface area (Å²) in [5.41, 5.74) is 21.0.